The van der Waals surface area contributed by atoms with Crippen LogP contribution in [-0.4, -0.2) is 66.1 Å². The van der Waals surface area contributed by atoms with E-state index in [0.29, 0.717) is 11.3 Å². The van der Waals surface area contributed by atoms with Crippen LogP contribution in [0.25, 0.3) is 0 Å². The number of hydrogen-bond acceptors (Lipinski definition) is 6. The highest BCUT2D eigenvalue weighted by atomic mass is 16.5. The summed E-state index contributed by atoms with van der Waals surface area (Å²) in [4.78, 5) is 60.8. The van der Waals surface area contributed by atoms with Gasteiger partial charge in [0.1, 0.15) is 6.54 Å². The minimum Gasteiger partial charge on any atom is -0.456 e. The molecule has 1 N–H and O–H groups in total. The average Bonchev–Trinajstić information content (AvgIpc) is 2.86. The van der Waals surface area contributed by atoms with Crippen molar-refractivity contribution >= 4 is 35.3 Å². The Hall–Kier alpha value is -3.23. The molecule has 0 unspecified atom stereocenters. The minimum atomic E-state index is -0.613. The number of likely N-dealkylation sites (N-methyl/N-ethyl adjacent to an activating group) is 1. The average molecular weight is 375 g/mol. The van der Waals surface area contributed by atoms with E-state index >= 15 is 0 Å². The van der Waals surface area contributed by atoms with E-state index in [4.69, 9.17) is 4.74 Å². The molecule has 1 aliphatic rings. The number of benzene rings is 1. The lowest BCUT2D eigenvalue weighted by atomic mass is 10.1. The van der Waals surface area contributed by atoms with Crippen molar-refractivity contribution < 1.29 is 28.7 Å². The number of carbonyl (C=O) groups is 5. The first kappa shape index (κ1) is 20.1. The predicted octanol–water partition coefficient (Wildman–Crippen LogP) is 1.05. The van der Waals surface area contributed by atoms with Crippen molar-refractivity contribution in [3.8, 4) is 0 Å². The van der Waals surface area contributed by atoms with E-state index in [-0.39, 0.29) is 37.6 Å². The van der Waals surface area contributed by atoms with E-state index in [0.717, 1.165) is 4.90 Å². The second-order valence-corrected chi connectivity index (χ2v) is 6.10. The zero-order valence-electron chi connectivity index (χ0n) is 15.2. The van der Waals surface area contributed by atoms with Gasteiger partial charge in [0.05, 0.1) is 5.69 Å². The van der Waals surface area contributed by atoms with Crippen LogP contribution in [0.2, 0.25) is 0 Å². The van der Waals surface area contributed by atoms with E-state index in [1.54, 1.807) is 24.3 Å². The number of nitrogens with zero attached hydrogens (tertiary/aromatic N) is 2. The molecule has 0 aromatic heterocycles. The molecule has 1 heterocycles. The van der Waals surface area contributed by atoms with Gasteiger partial charge in [0.2, 0.25) is 5.91 Å². The lowest BCUT2D eigenvalue weighted by Gasteiger charge is -2.13. The summed E-state index contributed by atoms with van der Waals surface area (Å²) in [5.74, 6) is -1.68. The predicted molar refractivity (Wildman–Crippen MR) is 95.0 cm³/mol. The molecular weight excluding hydrogens is 354 g/mol. The van der Waals surface area contributed by atoms with Crippen molar-refractivity contribution in [1.29, 1.82) is 0 Å². The molecule has 4 amide bonds. The van der Waals surface area contributed by atoms with Crippen molar-refractivity contribution in [2.24, 2.45) is 0 Å². The van der Waals surface area contributed by atoms with Crippen LogP contribution in [0.15, 0.2) is 24.3 Å². The van der Waals surface area contributed by atoms with Crippen molar-refractivity contribution in [3.63, 3.8) is 0 Å². The summed E-state index contributed by atoms with van der Waals surface area (Å²) in [6, 6.07) is 6.13. The van der Waals surface area contributed by atoms with E-state index in [1.165, 1.54) is 18.9 Å². The molecule has 1 aliphatic heterocycles. The monoisotopic (exact) mass is 375 g/mol. The Morgan fingerprint density at radius 1 is 1.19 bits per heavy atom. The Morgan fingerprint density at radius 2 is 1.89 bits per heavy atom. The number of imide groups is 1. The third-order valence-corrected chi connectivity index (χ3v) is 3.94. The molecule has 9 heteroatoms. The van der Waals surface area contributed by atoms with E-state index in [9.17, 15) is 24.0 Å². The van der Waals surface area contributed by atoms with Crippen LogP contribution in [-0.2, 0) is 19.1 Å². The number of Topliss-reactive ketones (excluding diaryl/α,β-unsaturated/α-hetero) is 1. The molecule has 1 fully saturated rings. The molecule has 0 spiro atoms. The van der Waals surface area contributed by atoms with Gasteiger partial charge in [0.15, 0.2) is 12.4 Å². The van der Waals surface area contributed by atoms with Crippen molar-refractivity contribution in [3.05, 3.63) is 29.8 Å². The van der Waals surface area contributed by atoms with Gasteiger partial charge in [0, 0.05) is 25.6 Å². The summed E-state index contributed by atoms with van der Waals surface area (Å²) >= 11 is 0. The smallest absolute Gasteiger partial charge is 0.326 e. The number of ether oxygens (including phenoxy) is 1. The summed E-state index contributed by atoms with van der Waals surface area (Å²) in [5.41, 5.74) is 0.711. The topological polar surface area (TPSA) is 113 Å². The Morgan fingerprint density at radius 3 is 2.52 bits per heavy atom. The Kier molecular flexibility index (Phi) is 6.64. The van der Waals surface area contributed by atoms with E-state index in [2.05, 4.69) is 5.32 Å². The standard InChI is InChI=1S/C18H21N3O6/c1-12(22)13-6-3-4-7-14(13)19-15(23)11-27-17(25)8-5-9-21-16(24)10-20(2)18(21)26/h3-4,6-7H,5,8-11H2,1-2H3,(H,19,23). The van der Waals surface area contributed by atoms with Crippen LogP contribution < -0.4 is 5.32 Å². The number of urea groups is 1. The van der Waals surface area contributed by atoms with Gasteiger partial charge < -0.3 is 15.0 Å². The van der Waals surface area contributed by atoms with Crippen molar-refractivity contribution in [2.75, 3.05) is 32.1 Å². The third kappa shape index (κ3) is 5.37. The number of anilines is 1. The SMILES string of the molecule is CC(=O)c1ccccc1NC(=O)COC(=O)CCCN1C(=O)CN(C)C1=O. The Balaban J connectivity index is 1.73. The fourth-order valence-corrected chi connectivity index (χ4v) is 2.57. The van der Waals surface area contributed by atoms with Crippen LogP contribution in [0, 0.1) is 0 Å². The molecule has 1 saturated heterocycles. The summed E-state index contributed by atoms with van der Waals surface area (Å²) in [7, 11) is 1.53. The summed E-state index contributed by atoms with van der Waals surface area (Å²) in [5, 5.41) is 2.52. The minimum absolute atomic E-state index is 0.0297. The molecule has 0 atom stereocenters. The first-order chi connectivity index (χ1) is 12.8. The van der Waals surface area contributed by atoms with Gasteiger partial charge in [0.25, 0.3) is 5.91 Å². The molecular formula is C18H21N3O6. The number of nitrogens with one attached hydrogen (secondary N) is 1. The first-order valence-electron chi connectivity index (χ1n) is 8.40. The van der Waals surface area contributed by atoms with Gasteiger partial charge in [-0.2, -0.15) is 0 Å². The lowest BCUT2D eigenvalue weighted by molar-refractivity contribution is -0.147. The largest absolute Gasteiger partial charge is 0.456 e. The molecule has 2 rings (SSSR count). The normalized spacial score (nSPS) is 13.7. The van der Waals surface area contributed by atoms with Crippen LogP contribution >= 0.6 is 0 Å². The van der Waals surface area contributed by atoms with Crippen LogP contribution in [0.5, 0.6) is 0 Å². The van der Waals surface area contributed by atoms with Crippen molar-refractivity contribution in [2.45, 2.75) is 19.8 Å². The van der Waals surface area contributed by atoms with Crippen LogP contribution in [0.3, 0.4) is 0 Å². The number of esters is 1. The quantitative estimate of drug-likeness (QED) is 0.413. The van der Waals surface area contributed by atoms with Gasteiger partial charge >= 0.3 is 12.0 Å². The molecule has 0 radical (unpaired) electrons. The molecule has 0 aliphatic carbocycles. The number of hydrogen-bond donors (Lipinski definition) is 1. The highest BCUT2D eigenvalue weighted by molar-refractivity contribution is 6.04. The number of ketones is 1. The highest BCUT2D eigenvalue weighted by Gasteiger charge is 2.32. The maximum atomic E-state index is 11.9. The fourth-order valence-electron chi connectivity index (χ4n) is 2.57. The number of para-hydroxylation sites is 1. The van der Waals surface area contributed by atoms with Gasteiger partial charge in [-0.25, -0.2) is 4.79 Å². The summed E-state index contributed by atoms with van der Waals surface area (Å²) in [6.45, 7) is 1.05. The summed E-state index contributed by atoms with van der Waals surface area (Å²) in [6.07, 6.45) is 0.219. The fraction of sp³-hybridized carbons (Fsp3) is 0.389. The molecule has 0 saturated carbocycles. The number of carbonyl (C=O) groups excluding carboxylic acids is 5. The first-order valence-corrected chi connectivity index (χ1v) is 8.40. The van der Waals surface area contributed by atoms with Gasteiger partial charge in [-0.15, -0.1) is 0 Å². The van der Waals surface area contributed by atoms with Gasteiger partial charge in [-0.1, -0.05) is 12.1 Å². The third-order valence-electron chi connectivity index (χ3n) is 3.94. The Labute approximate surface area is 156 Å². The van der Waals surface area contributed by atoms with Crippen LogP contribution in [0.4, 0.5) is 10.5 Å². The molecule has 0 bridgehead atoms. The zero-order chi connectivity index (χ0) is 20.0. The zero-order valence-corrected chi connectivity index (χ0v) is 15.2. The van der Waals surface area contributed by atoms with E-state index < -0.39 is 24.5 Å². The highest BCUT2D eigenvalue weighted by Crippen LogP contribution is 2.15. The second kappa shape index (κ2) is 8.93. The van der Waals surface area contributed by atoms with Gasteiger partial charge in [-0.3, -0.25) is 24.1 Å². The number of amides is 4. The maximum Gasteiger partial charge on any atom is 0.326 e. The molecule has 27 heavy (non-hydrogen) atoms. The molecule has 9 nitrogen and oxygen atoms in total. The molecule has 1 aromatic carbocycles. The van der Waals surface area contributed by atoms with Crippen LogP contribution in [0.1, 0.15) is 30.1 Å². The number of rotatable bonds is 8. The van der Waals surface area contributed by atoms with Gasteiger partial charge in [-0.05, 0) is 25.5 Å². The summed E-state index contributed by atoms with van der Waals surface area (Å²) < 4.78 is 4.88. The molecule has 1 aromatic rings. The van der Waals surface area contributed by atoms with E-state index in [1.807, 2.05) is 0 Å². The molecule has 144 valence electrons. The second-order valence-electron chi connectivity index (χ2n) is 6.10. The lowest BCUT2D eigenvalue weighted by Crippen LogP contribution is -2.32. The van der Waals surface area contributed by atoms with Crippen molar-refractivity contribution in [1.82, 2.24) is 9.80 Å². The Bertz CT molecular complexity index is 776. The maximum absolute atomic E-state index is 11.9.